The van der Waals surface area contributed by atoms with E-state index in [4.69, 9.17) is 31.5 Å². The Morgan fingerprint density at radius 2 is 0.966 bits per heavy atom. The average molecular weight is 779 g/mol. The van der Waals surface area contributed by atoms with Crippen molar-refractivity contribution in [1.29, 1.82) is 0 Å². The van der Waals surface area contributed by atoms with Crippen LogP contribution >= 0.6 is 23.1 Å². The minimum Gasteiger partial charge on any atom is -0.238 e. The van der Waals surface area contributed by atoms with E-state index in [1.807, 2.05) is 97.1 Å². The number of nitrogens with zero attached hydrogens (tertiary/aromatic N) is 6. The highest BCUT2D eigenvalue weighted by molar-refractivity contribution is 7.99. The van der Waals surface area contributed by atoms with Gasteiger partial charge in [-0.15, -0.1) is 11.3 Å². The third-order valence-electron chi connectivity index (χ3n) is 9.83. The lowest BCUT2D eigenvalue weighted by molar-refractivity contribution is 1.07. The zero-order valence-corrected chi connectivity index (χ0v) is 32.5. The molecule has 0 aliphatic heterocycles. The summed E-state index contributed by atoms with van der Waals surface area (Å²) in [6.07, 6.45) is 0. The molecule has 272 valence electrons. The van der Waals surface area contributed by atoms with Crippen LogP contribution in [0.15, 0.2) is 192 Å². The van der Waals surface area contributed by atoms with Gasteiger partial charge in [0.1, 0.15) is 0 Å². The first-order chi connectivity index (χ1) is 28.6. The van der Waals surface area contributed by atoms with Crippen molar-refractivity contribution in [2.45, 2.75) is 9.79 Å². The number of hydrogen-bond acceptors (Lipinski definition) is 7. The molecule has 3 heterocycles. The second kappa shape index (κ2) is 15.3. The summed E-state index contributed by atoms with van der Waals surface area (Å²) in [5.74, 6) is 2.50. The largest absolute Gasteiger partial charge is 0.238 e. The monoisotopic (exact) mass is 778 g/mol. The fourth-order valence-corrected chi connectivity index (χ4v) is 8.97. The predicted octanol–water partition coefficient (Wildman–Crippen LogP) is 13.7. The molecule has 0 saturated heterocycles. The summed E-state index contributed by atoms with van der Waals surface area (Å²) in [6, 6.07) is 61.4. The summed E-state index contributed by atoms with van der Waals surface area (Å²) in [4.78, 5) is 30.9. The van der Waals surface area contributed by atoms with Crippen molar-refractivity contribution < 1.29 is 0 Å². The molecule has 0 N–H and O–H groups in total. The highest BCUT2D eigenvalue weighted by Crippen LogP contribution is 2.40. The Hall–Kier alpha value is -7.31. The van der Waals surface area contributed by atoms with Crippen LogP contribution in [-0.2, 0) is 0 Å². The molecule has 7 aromatic carbocycles. The fraction of sp³-hybridized carbons (Fsp3) is 0. The van der Waals surface area contributed by atoms with Crippen molar-refractivity contribution in [3.05, 3.63) is 193 Å². The number of fused-ring (bicyclic) bond motifs is 3. The first-order valence-electron chi connectivity index (χ1n) is 18.7. The Kier molecular flexibility index (Phi) is 9.28. The number of benzene rings is 7. The van der Waals surface area contributed by atoms with Crippen LogP contribution in [0.3, 0.4) is 0 Å². The van der Waals surface area contributed by atoms with E-state index in [9.17, 15) is 0 Å². The van der Waals surface area contributed by atoms with Crippen LogP contribution in [0.5, 0.6) is 0 Å². The van der Waals surface area contributed by atoms with Crippen molar-refractivity contribution in [1.82, 2.24) is 24.9 Å². The van der Waals surface area contributed by atoms with Crippen LogP contribution in [0, 0.1) is 6.57 Å². The van der Waals surface area contributed by atoms with Gasteiger partial charge in [0, 0.05) is 47.7 Å². The maximum atomic E-state index is 7.40. The Balaban J connectivity index is 0.960. The molecule has 8 heteroatoms. The molecule has 3 aromatic heterocycles. The quantitative estimate of drug-likeness (QED) is 0.143. The second-order valence-corrected chi connectivity index (χ2v) is 15.8. The molecule has 0 unspecified atom stereocenters. The highest BCUT2D eigenvalue weighted by Gasteiger charge is 2.17. The van der Waals surface area contributed by atoms with Crippen LogP contribution in [0.25, 0.3) is 93.1 Å². The minimum atomic E-state index is 0.588. The van der Waals surface area contributed by atoms with E-state index >= 15 is 0 Å². The summed E-state index contributed by atoms with van der Waals surface area (Å²) in [7, 11) is 0. The van der Waals surface area contributed by atoms with Crippen molar-refractivity contribution in [2.24, 2.45) is 0 Å². The molecule has 0 aliphatic rings. The Bertz CT molecular complexity index is 3140. The molecular formula is C50H30N6S2. The van der Waals surface area contributed by atoms with Crippen LogP contribution in [0.2, 0.25) is 0 Å². The summed E-state index contributed by atoms with van der Waals surface area (Å²) in [5, 5.41) is 1.15. The van der Waals surface area contributed by atoms with E-state index in [1.165, 1.54) is 4.70 Å². The fourth-order valence-electron chi connectivity index (χ4n) is 6.94. The molecule has 0 saturated carbocycles. The normalized spacial score (nSPS) is 11.2. The van der Waals surface area contributed by atoms with Gasteiger partial charge in [-0.1, -0.05) is 157 Å². The maximum absolute atomic E-state index is 7.40. The van der Waals surface area contributed by atoms with Gasteiger partial charge in [0.05, 0.1) is 22.5 Å². The molecule has 6 nitrogen and oxygen atoms in total. The van der Waals surface area contributed by atoms with Gasteiger partial charge in [0.15, 0.2) is 29.0 Å². The van der Waals surface area contributed by atoms with Gasteiger partial charge < -0.3 is 0 Å². The third-order valence-corrected chi connectivity index (χ3v) is 12.0. The van der Waals surface area contributed by atoms with E-state index in [2.05, 4.69) is 89.8 Å². The SMILES string of the molecule is [C-]#[N+]c1cccc(-c2ccc(-c3nc(-c4ccccc4)nc(-c4cccc(Sc5ccc(-c6nc(-c7ccccc7)c7sc8ccccc8c7n6)cc5)c4)n3)cc2)c1. The molecule has 0 radical (unpaired) electrons. The standard InChI is InChI=1S/C50H30N6S2/c1-51-39-18-10-16-37(30-39)32-22-24-35(25-23-32)49-54-48(34-14-6-3-7-15-34)55-50(56-49)38-17-11-19-41(31-38)57-40-28-26-36(27-29-40)47-52-44(33-12-4-2-5-13-33)46-45(53-47)42-20-8-9-21-43(42)58-46/h2-31H. The zero-order chi connectivity index (χ0) is 38.8. The van der Waals surface area contributed by atoms with E-state index in [0.717, 1.165) is 70.0 Å². The van der Waals surface area contributed by atoms with Crippen LogP contribution in [0.1, 0.15) is 0 Å². The second-order valence-electron chi connectivity index (χ2n) is 13.6. The molecule has 0 bridgehead atoms. The first kappa shape index (κ1) is 35.1. The average Bonchev–Trinajstić information content (AvgIpc) is 3.68. The van der Waals surface area contributed by atoms with Crippen molar-refractivity contribution in [3.63, 3.8) is 0 Å². The molecule has 10 aromatic rings. The minimum absolute atomic E-state index is 0.588. The van der Waals surface area contributed by atoms with Gasteiger partial charge in [-0.3, -0.25) is 0 Å². The molecule has 0 aliphatic carbocycles. The molecule has 0 atom stereocenters. The Morgan fingerprint density at radius 1 is 0.414 bits per heavy atom. The lowest BCUT2D eigenvalue weighted by atomic mass is 10.0. The van der Waals surface area contributed by atoms with Gasteiger partial charge in [0.2, 0.25) is 0 Å². The van der Waals surface area contributed by atoms with Gasteiger partial charge in [-0.2, -0.15) is 0 Å². The van der Waals surface area contributed by atoms with Gasteiger partial charge in [0.25, 0.3) is 0 Å². The highest BCUT2D eigenvalue weighted by atomic mass is 32.2. The van der Waals surface area contributed by atoms with Crippen LogP contribution < -0.4 is 0 Å². The molecule has 0 amide bonds. The molecule has 0 spiro atoms. The number of rotatable bonds is 8. The predicted molar refractivity (Wildman–Crippen MR) is 238 cm³/mol. The summed E-state index contributed by atoms with van der Waals surface area (Å²) in [5.41, 5.74) is 9.29. The number of thiophene rings is 1. The first-order valence-corrected chi connectivity index (χ1v) is 20.3. The number of aromatic nitrogens is 5. The topological polar surface area (TPSA) is 68.8 Å². The number of hydrogen-bond donors (Lipinski definition) is 0. The van der Waals surface area contributed by atoms with Gasteiger partial charge >= 0.3 is 0 Å². The van der Waals surface area contributed by atoms with Crippen molar-refractivity contribution in [3.8, 4) is 67.9 Å². The Labute approximate surface area is 343 Å². The summed E-state index contributed by atoms with van der Waals surface area (Å²) < 4.78 is 2.30. The van der Waals surface area contributed by atoms with E-state index in [0.29, 0.717) is 29.0 Å². The summed E-state index contributed by atoms with van der Waals surface area (Å²) >= 11 is 3.42. The van der Waals surface area contributed by atoms with Gasteiger partial charge in [-0.25, -0.2) is 29.8 Å². The maximum Gasteiger partial charge on any atom is 0.187 e. The molecule has 58 heavy (non-hydrogen) atoms. The Morgan fingerprint density at radius 3 is 1.69 bits per heavy atom. The van der Waals surface area contributed by atoms with Crippen molar-refractivity contribution >= 4 is 49.1 Å². The zero-order valence-electron chi connectivity index (χ0n) is 30.8. The molecule has 10 rings (SSSR count). The molecular weight excluding hydrogens is 749 g/mol. The van der Waals surface area contributed by atoms with E-state index < -0.39 is 0 Å². The van der Waals surface area contributed by atoms with Gasteiger partial charge in [-0.05, 0) is 47.5 Å². The van der Waals surface area contributed by atoms with Crippen LogP contribution in [-0.4, -0.2) is 24.9 Å². The lowest BCUT2D eigenvalue weighted by Crippen LogP contribution is -2.00. The lowest BCUT2D eigenvalue weighted by Gasteiger charge is -2.10. The third kappa shape index (κ3) is 7.01. The van der Waals surface area contributed by atoms with E-state index in [-0.39, 0.29) is 0 Å². The summed E-state index contributed by atoms with van der Waals surface area (Å²) in [6.45, 7) is 7.40. The van der Waals surface area contributed by atoms with Crippen LogP contribution in [0.4, 0.5) is 5.69 Å². The molecule has 0 fully saturated rings. The van der Waals surface area contributed by atoms with Crippen molar-refractivity contribution in [2.75, 3.05) is 0 Å². The smallest absolute Gasteiger partial charge is 0.187 e. The van der Waals surface area contributed by atoms with E-state index in [1.54, 1.807) is 23.1 Å².